The van der Waals surface area contributed by atoms with Crippen LogP contribution in [0.3, 0.4) is 0 Å². The summed E-state index contributed by atoms with van der Waals surface area (Å²) in [7, 11) is -2.82. The number of nitrogens with zero attached hydrogens (tertiary/aromatic N) is 2. The van der Waals surface area contributed by atoms with Gasteiger partial charge < -0.3 is 4.90 Å². The number of benzene rings is 1. The second-order valence-electron chi connectivity index (χ2n) is 6.09. The van der Waals surface area contributed by atoms with Crippen LogP contribution < -0.4 is 0 Å². The number of rotatable bonds is 4. The molecule has 1 aromatic rings. The van der Waals surface area contributed by atoms with Crippen molar-refractivity contribution in [2.24, 2.45) is 0 Å². The van der Waals surface area contributed by atoms with Crippen molar-refractivity contribution in [3.63, 3.8) is 0 Å². The molecule has 1 heterocycles. The van der Waals surface area contributed by atoms with Gasteiger partial charge in [0.25, 0.3) is 0 Å². The van der Waals surface area contributed by atoms with E-state index in [-0.39, 0.29) is 22.7 Å². The molecule has 0 bridgehead atoms. The van der Waals surface area contributed by atoms with Crippen molar-refractivity contribution in [1.29, 1.82) is 0 Å². The fraction of sp³-hybridized carbons (Fsp3) is 0.533. The number of sulfonamides is 1. The van der Waals surface area contributed by atoms with Crippen LogP contribution >= 0.6 is 23.4 Å². The van der Waals surface area contributed by atoms with Crippen LogP contribution in [0.5, 0.6) is 0 Å². The van der Waals surface area contributed by atoms with E-state index in [1.54, 1.807) is 20.9 Å². The van der Waals surface area contributed by atoms with Gasteiger partial charge in [-0.15, -0.1) is 11.8 Å². The quantitative estimate of drug-likeness (QED) is 0.735. The molecule has 146 valence electrons. The second kappa shape index (κ2) is 7.57. The smallest absolute Gasteiger partial charge is 0.342 e. The normalized spacial score (nSPS) is 19.2. The molecule has 1 aliphatic rings. The van der Waals surface area contributed by atoms with Crippen LogP contribution in [0.1, 0.15) is 19.4 Å². The lowest BCUT2D eigenvalue weighted by atomic mass is 10.2. The predicted molar refractivity (Wildman–Crippen MR) is 94.5 cm³/mol. The Kier molecular flexibility index (Phi) is 6.21. The van der Waals surface area contributed by atoms with E-state index in [0.717, 1.165) is 16.4 Å². The van der Waals surface area contributed by atoms with E-state index >= 15 is 0 Å². The zero-order chi connectivity index (χ0) is 19.9. The molecule has 26 heavy (non-hydrogen) atoms. The average molecular weight is 431 g/mol. The molecule has 5 nitrogen and oxygen atoms in total. The Labute approximate surface area is 159 Å². The molecule has 0 saturated carbocycles. The molecule has 0 spiro atoms. The van der Waals surface area contributed by atoms with Gasteiger partial charge in [-0.2, -0.15) is 17.5 Å². The van der Waals surface area contributed by atoms with Crippen LogP contribution in [0.4, 0.5) is 13.2 Å². The van der Waals surface area contributed by atoms with Crippen molar-refractivity contribution in [2.75, 3.05) is 18.7 Å². The largest absolute Gasteiger partial charge is 0.416 e. The molecule has 1 saturated heterocycles. The van der Waals surface area contributed by atoms with Gasteiger partial charge in [-0.1, -0.05) is 11.6 Å². The number of amides is 1. The number of likely N-dealkylation sites (N-methyl/N-ethyl adjacent to an activating group) is 1. The number of alkyl halides is 3. The van der Waals surface area contributed by atoms with Crippen molar-refractivity contribution in [3.8, 4) is 0 Å². The Bertz CT molecular complexity index is 800. The topological polar surface area (TPSA) is 57.7 Å². The fourth-order valence-corrected chi connectivity index (χ4v) is 5.99. The Balaban J connectivity index is 2.45. The molecule has 1 unspecified atom stereocenters. The van der Waals surface area contributed by atoms with Gasteiger partial charge in [0.05, 0.1) is 16.5 Å². The van der Waals surface area contributed by atoms with Gasteiger partial charge in [-0.3, -0.25) is 4.79 Å². The minimum Gasteiger partial charge on any atom is -0.342 e. The van der Waals surface area contributed by atoms with Crippen LogP contribution in [0.25, 0.3) is 0 Å². The van der Waals surface area contributed by atoms with Crippen molar-refractivity contribution in [3.05, 3.63) is 28.8 Å². The predicted octanol–water partition coefficient (Wildman–Crippen LogP) is 3.29. The highest BCUT2D eigenvalue weighted by Gasteiger charge is 2.43. The van der Waals surface area contributed by atoms with E-state index < -0.39 is 38.6 Å². The second-order valence-corrected chi connectivity index (χ2v) is 9.36. The highest BCUT2D eigenvalue weighted by molar-refractivity contribution is 8.00. The molecule has 1 fully saturated rings. The lowest BCUT2D eigenvalue weighted by Crippen LogP contribution is -2.49. The number of hydrogen-bond donors (Lipinski definition) is 0. The Morgan fingerprint density at radius 1 is 1.38 bits per heavy atom. The molecule has 0 aromatic heterocycles. The lowest BCUT2D eigenvalue weighted by Gasteiger charge is -2.29. The molecule has 0 aliphatic carbocycles. The van der Waals surface area contributed by atoms with Crippen molar-refractivity contribution < 1.29 is 26.4 Å². The van der Waals surface area contributed by atoms with Gasteiger partial charge >= 0.3 is 6.18 Å². The molecule has 11 heteroatoms. The van der Waals surface area contributed by atoms with Crippen molar-refractivity contribution >= 4 is 39.3 Å². The first kappa shape index (κ1) is 21.3. The van der Waals surface area contributed by atoms with Gasteiger partial charge in [-0.05, 0) is 32.0 Å². The molecule has 2 rings (SSSR count). The van der Waals surface area contributed by atoms with Gasteiger partial charge in [0.15, 0.2) is 0 Å². The summed E-state index contributed by atoms with van der Waals surface area (Å²) in [5, 5.41) is -0.321. The Hall–Kier alpha value is -0.970. The standard InChI is InChI=1S/C15H18ClF3N2O3S2/c1-9(2)20(3)14(22)12-7-25-8-21(12)26(23,24)13-6-10(15(17,18)19)4-5-11(13)16/h4-6,9,12H,7-8H2,1-3H3. The third-order valence-electron chi connectivity index (χ3n) is 4.09. The first-order valence-corrected chi connectivity index (χ1v) is 10.6. The molecule has 1 amide bonds. The summed E-state index contributed by atoms with van der Waals surface area (Å²) in [5.74, 6) is -0.208. The zero-order valence-corrected chi connectivity index (χ0v) is 16.6. The Morgan fingerprint density at radius 2 is 2.00 bits per heavy atom. The summed E-state index contributed by atoms with van der Waals surface area (Å²) in [6.07, 6.45) is -4.71. The number of carbonyl (C=O) groups is 1. The van der Waals surface area contributed by atoms with Crippen LogP contribution in [0.2, 0.25) is 5.02 Å². The first-order chi connectivity index (χ1) is 11.9. The number of carbonyl (C=O) groups excluding carboxylic acids is 1. The van der Waals surface area contributed by atoms with Crippen LogP contribution in [0.15, 0.2) is 23.1 Å². The fourth-order valence-electron chi connectivity index (χ4n) is 2.35. The summed E-state index contributed by atoms with van der Waals surface area (Å²) in [4.78, 5) is 13.3. The van der Waals surface area contributed by atoms with E-state index in [1.807, 2.05) is 0 Å². The highest BCUT2D eigenvalue weighted by atomic mass is 35.5. The van der Waals surface area contributed by atoms with Gasteiger partial charge in [0.2, 0.25) is 15.9 Å². The molecular weight excluding hydrogens is 413 g/mol. The van der Waals surface area contributed by atoms with Crippen molar-refractivity contribution in [1.82, 2.24) is 9.21 Å². The monoisotopic (exact) mass is 430 g/mol. The molecule has 1 aliphatic heterocycles. The third-order valence-corrected chi connectivity index (χ3v) is 7.61. The summed E-state index contributed by atoms with van der Waals surface area (Å²) in [5.41, 5.74) is -1.12. The van der Waals surface area contributed by atoms with E-state index in [2.05, 4.69) is 0 Å². The molecular formula is C15H18ClF3N2O3S2. The maximum Gasteiger partial charge on any atom is 0.416 e. The number of hydrogen-bond acceptors (Lipinski definition) is 4. The third kappa shape index (κ3) is 4.13. The first-order valence-electron chi connectivity index (χ1n) is 7.60. The van der Waals surface area contributed by atoms with Gasteiger partial charge in [0.1, 0.15) is 10.9 Å². The Morgan fingerprint density at radius 3 is 2.54 bits per heavy atom. The lowest BCUT2D eigenvalue weighted by molar-refractivity contribution is -0.138. The van der Waals surface area contributed by atoms with E-state index in [0.29, 0.717) is 6.07 Å². The molecule has 1 atom stereocenters. The molecule has 0 radical (unpaired) electrons. The molecule has 0 N–H and O–H groups in total. The summed E-state index contributed by atoms with van der Waals surface area (Å²) in [6.45, 7) is 3.56. The maximum absolute atomic E-state index is 12.9. The van der Waals surface area contributed by atoms with Gasteiger partial charge in [0, 0.05) is 18.8 Å². The average Bonchev–Trinajstić information content (AvgIpc) is 3.02. The van der Waals surface area contributed by atoms with E-state index in [4.69, 9.17) is 11.6 Å². The summed E-state index contributed by atoms with van der Waals surface area (Å²) < 4.78 is 65.6. The SMILES string of the molecule is CC(C)N(C)C(=O)C1CSCN1S(=O)(=O)c1cc(C(F)(F)F)ccc1Cl. The summed E-state index contributed by atoms with van der Waals surface area (Å²) >= 11 is 7.09. The van der Waals surface area contributed by atoms with E-state index in [9.17, 15) is 26.4 Å². The van der Waals surface area contributed by atoms with Crippen molar-refractivity contribution in [2.45, 2.75) is 37.0 Å². The van der Waals surface area contributed by atoms with Crippen LogP contribution in [0, 0.1) is 0 Å². The zero-order valence-electron chi connectivity index (χ0n) is 14.2. The molecule has 1 aromatic carbocycles. The summed E-state index contributed by atoms with van der Waals surface area (Å²) in [6, 6.07) is 0.999. The van der Waals surface area contributed by atoms with Crippen LogP contribution in [-0.2, 0) is 21.0 Å². The van der Waals surface area contributed by atoms with Crippen LogP contribution in [-0.4, -0.2) is 54.3 Å². The highest BCUT2D eigenvalue weighted by Crippen LogP contribution is 2.36. The van der Waals surface area contributed by atoms with E-state index in [1.165, 1.54) is 16.7 Å². The van der Waals surface area contributed by atoms with Gasteiger partial charge in [-0.25, -0.2) is 8.42 Å². The maximum atomic E-state index is 12.9. The minimum absolute atomic E-state index is 0.0305. The number of thioether (sulfide) groups is 1. The minimum atomic E-state index is -4.71. The number of halogens is 4.